The number of ether oxygens (including phenoxy) is 1. The first-order valence-corrected chi connectivity index (χ1v) is 6.16. The minimum Gasteiger partial charge on any atom is -0.469 e. The van der Waals surface area contributed by atoms with Crippen molar-refractivity contribution in [3.63, 3.8) is 0 Å². The van der Waals surface area contributed by atoms with E-state index in [2.05, 4.69) is 6.92 Å². The highest BCUT2D eigenvalue weighted by atomic mass is 16.5. The van der Waals surface area contributed by atoms with Crippen molar-refractivity contribution >= 4 is 5.97 Å². The first-order chi connectivity index (χ1) is 7.31. The largest absolute Gasteiger partial charge is 0.469 e. The molecule has 16 heavy (non-hydrogen) atoms. The van der Waals surface area contributed by atoms with Gasteiger partial charge in [0.2, 0.25) is 0 Å². The van der Waals surface area contributed by atoms with E-state index in [0.29, 0.717) is 12.3 Å². The van der Waals surface area contributed by atoms with Crippen LogP contribution in [0.15, 0.2) is 0 Å². The Morgan fingerprint density at radius 2 is 2.19 bits per heavy atom. The number of carbonyl (C=O) groups is 1. The SMILES string of the molecule is COC(=O)CC1(C(C)(C)N)CCCC(C)C1. The zero-order chi connectivity index (χ0) is 12.4. The second-order valence-corrected chi connectivity index (χ2v) is 5.96. The van der Waals surface area contributed by atoms with Crippen molar-refractivity contribution in [1.82, 2.24) is 0 Å². The summed E-state index contributed by atoms with van der Waals surface area (Å²) in [6.07, 6.45) is 4.94. The van der Waals surface area contributed by atoms with Gasteiger partial charge in [0.15, 0.2) is 0 Å². The van der Waals surface area contributed by atoms with E-state index in [1.54, 1.807) is 0 Å². The Bertz CT molecular complexity index is 257. The predicted octanol–water partition coefficient (Wildman–Crippen LogP) is 2.48. The molecular formula is C13H25NO2. The van der Waals surface area contributed by atoms with Crippen molar-refractivity contribution in [3.05, 3.63) is 0 Å². The first kappa shape index (κ1) is 13.5. The maximum Gasteiger partial charge on any atom is 0.306 e. The number of hydrogen-bond acceptors (Lipinski definition) is 3. The van der Waals surface area contributed by atoms with E-state index in [4.69, 9.17) is 10.5 Å². The molecule has 3 heteroatoms. The Labute approximate surface area is 98.7 Å². The fourth-order valence-corrected chi connectivity index (χ4v) is 2.98. The number of hydrogen-bond donors (Lipinski definition) is 1. The van der Waals surface area contributed by atoms with Crippen LogP contribution in [0.2, 0.25) is 0 Å². The molecule has 0 aromatic heterocycles. The molecule has 2 N–H and O–H groups in total. The molecular weight excluding hydrogens is 202 g/mol. The number of rotatable bonds is 3. The predicted molar refractivity (Wildman–Crippen MR) is 65.0 cm³/mol. The third kappa shape index (κ3) is 2.76. The molecule has 1 saturated carbocycles. The van der Waals surface area contributed by atoms with E-state index < -0.39 is 0 Å². The van der Waals surface area contributed by atoms with E-state index >= 15 is 0 Å². The molecule has 3 nitrogen and oxygen atoms in total. The summed E-state index contributed by atoms with van der Waals surface area (Å²) in [6, 6.07) is 0. The van der Waals surface area contributed by atoms with Crippen LogP contribution in [0.4, 0.5) is 0 Å². The molecule has 0 spiro atoms. The third-order valence-electron chi connectivity index (χ3n) is 4.17. The van der Waals surface area contributed by atoms with Crippen molar-refractivity contribution in [2.24, 2.45) is 17.1 Å². The summed E-state index contributed by atoms with van der Waals surface area (Å²) in [7, 11) is 1.45. The summed E-state index contributed by atoms with van der Waals surface area (Å²) in [5.74, 6) is 0.522. The van der Waals surface area contributed by atoms with Crippen molar-refractivity contribution < 1.29 is 9.53 Å². The van der Waals surface area contributed by atoms with Gasteiger partial charge in [-0.15, -0.1) is 0 Å². The zero-order valence-electron chi connectivity index (χ0n) is 11.0. The first-order valence-electron chi connectivity index (χ1n) is 6.16. The molecule has 2 unspecified atom stereocenters. The van der Waals surface area contributed by atoms with Gasteiger partial charge in [-0.25, -0.2) is 0 Å². The molecule has 0 aromatic rings. The summed E-state index contributed by atoms with van der Waals surface area (Å²) in [5.41, 5.74) is 5.89. The maximum atomic E-state index is 11.6. The highest BCUT2D eigenvalue weighted by molar-refractivity contribution is 5.70. The number of nitrogens with two attached hydrogens (primary N) is 1. The van der Waals surface area contributed by atoms with Crippen LogP contribution in [0.5, 0.6) is 0 Å². The second kappa shape index (κ2) is 4.74. The lowest BCUT2D eigenvalue weighted by Gasteiger charge is -2.48. The van der Waals surface area contributed by atoms with Crippen LogP contribution in [0.1, 0.15) is 52.9 Å². The fourth-order valence-electron chi connectivity index (χ4n) is 2.98. The standard InChI is InChI=1S/C13H25NO2/c1-10-6-5-7-13(8-10,12(2,3)14)9-11(15)16-4/h10H,5-9,14H2,1-4H3. The molecule has 1 aliphatic carbocycles. The summed E-state index contributed by atoms with van der Waals surface area (Å²) in [6.45, 7) is 6.32. The fraction of sp³-hybridized carbons (Fsp3) is 0.923. The summed E-state index contributed by atoms with van der Waals surface area (Å²) >= 11 is 0. The summed E-state index contributed by atoms with van der Waals surface area (Å²) in [5, 5.41) is 0. The lowest BCUT2D eigenvalue weighted by molar-refractivity contribution is -0.146. The Hall–Kier alpha value is -0.570. The minimum absolute atomic E-state index is 0.0856. The molecule has 0 radical (unpaired) electrons. The van der Waals surface area contributed by atoms with Crippen molar-refractivity contribution in [2.75, 3.05) is 7.11 Å². The van der Waals surface area contributed by atoms with Gasteiger partial charge >= 0.3 is 5.97 Å². The highest BCUT2D eigenvalue weighted by Gasteiger charge is 2.46. The Kier molecular flexibility index (Phi) is 4.00. The highest BCUT2D eigenvalue weighted by Crippen LogP contribution is 2.48. The van der Waals surface area contributed by atoms with Gasteiger partial charge in [-0.05, 0) is 38.0 Å². The van der Waals surface area contributed by atoms with Crippen LogP contribution in [0, 0.1) is 11.3 Å². The van der Waals surface area contributed by atoms with Gasteiger partial charge in [-0.1, -0.05) is 19.8 Å². The van der Waals surface area contributed by atoms with Crippen LogP contribution in [0.25, 0.3) is 0 Å². The van der Waals surface area contributed by atoms with Gasteiger partial charge in [-0.2, -0.15) is 0 Å². The third-order valence-corrected chi connectivity index (χ3v) is 4.17. The lowest BCUT2D eigenvalue weighted by atomic mass is 9.59. The van der Waals surface area contributed by atoms with Gasteiger partial charge in [0.05, 0.1) is 13.5 Å². The van der Waals surface area contributed by atoms with E-state index in [1.165, 1.54) is 20.0 Å². The van der Waals surface area contributed by atoms with Crippen molar-refractivity contribution in [3.8, 4) is 0 Å². The van der Waals surface area contributed by atoms with Gasteiger partial charge in [0, 0.05) is 5.54 Å². The van der Waals surface area contributed by atoms with Gasteiger partial charge in [-0.3, -0.25) is 4.79 Å². The molecule has 0 bridgehead atoms. The van der Waals surface area contributed by atoms with Gasteiger partial charge < -0.3 is 10.5 Å². The van der Waals surface area contributed by atoms with E-state index in [-0.39, 0.29) is 16.9 Å². The summed E-state index contributed by atoms with van der Waals surface area (Å²) < 4.78 is 4.81. The average molecular weight is 227 g/mol. The zero-order valence-corrected chi connectivity index (χ0v) is 11.0. The van der Waals surface area contributed by atoms with Crippen LogP contribution in [0.3, 0.4) is 0 Å². The van der Waals surface area contributed by atoms with Gasteiger partial charge in [0.25, 0.3) is 0 Å². The van der Waals surface area contributed by atoms with E-state index in [1.807, 2.05) is 13.8 Å². The summed E-state index contributed by atoms with van der Waals surface area (Å²) in [4.78, 5) is 11.6. The average Bonchev–Trinajstić information content (AvgIpc) is 2.15. The van der Waals surface area contributed by atoms with Crippen LogP contribution < -0.4 is 5.73 Å². The molecule has 1 fully saturated rings. The minimum atomic E-state index is -0.324. The van der Waals surface area contributed by atoms with Crippen LogP contribution in [-0.2, 0) is 9.53 Å². The van der Waals surface area contributed by atoms with E-state index in [0.717, 1.165) is 12.8 Å². The Balaban J connectivity index is 2.88. The molecule has 2 atom stereocenters. The monoisotopic (exact) mass is 227 g/mol. The van der Waals surface area contributed by atoms with Crippen LogP contribution in [-0.4, -0.2) is 18.6 Å². The van der Waals surface area contributed by atoms with Crippen LogP contribution >= 0.6 is 0 Å². The van der Waals surface area contributed by atoms with E-state index in [9.17, 15) is 4.79 Å². The smallest absolute Gasteiger partial charge is 0.306 e. The lowest BCUT2D eigenvalue weighted by Crippen LogP contribution is -2.53. The number of carbonyl (C=O) groups excluding carboxylic acids is 1. The molecule has 94 valence electrons. The molecule has 1 aliphatic rings. The maximum absolute atomic E-state index is 11.6. The Morgan fingerprint density at radius 3 is 2.62 bits per heavy atom. The molecule has 0 heterocycles. The van der Waals surface area contributed by atoms with Crippen molar-refractivity contribution in [1.29, 1.82) is 0 Å². The topological polar surface area (TPSA) is 52.3 Å². The molecule has 0 saturated heterocycles. The molecule has 1 rings (SSSR count). The molecule has 0 amide bonds. The van der Waals surface area contributed by atoms with Crippen molar-refractivity contribution in [2.45, 2.75) is 58.4 Å². The normalized spacial score (nSPS) is 31.2. The number of methoxy groups -OCH3 is 1. The molecule has 0 aliphatic heterocycles. The number of esters is 1. The second-order valence-electron chi connectivity index (χ2n) is 5.96. The molecule has 0 aromatic carbocycles. The Morgan fingerprint density at radius 1 is 1.56 bits per heavy atom. The quantitative estimate of drug-likeness (QED) is 0.754. The van der Waals surface area contributed by atoms with Gasteiger partial charge in [0.1, 0.15) is 0 Å².